The minimum absolute atomic E-state index is 0.000998. The van der Waals surface area contributed by atoms with E-state index in [-0.39, 0.29) is 16.5 Å². The summed E-state index contributed by atoms with van der Waals surface area (Å²) in [5.41, 5.74) is -0.262. The lowest BCUT2D eigenvalue weighted by Gasteiger charge is -2.39. The van der Waals surface area contributed by atoms with Crippen LogP contribution in [0.4, 0.5) is 4.39 Å². The van der Waals surface area contributed by atoms with Crippen LogP contribution in [0.15, 0.2) is 53.5 Å². The van der Waals surface area contributed by atoms with E-state index in [2.05, 4.69) is 43.6 Å². The van der Waals surface area contributed by atoms with Crippen LogP contribution in [-0.4, -0.2) is 52.1 Å². The first-order valence-electron chi connectivity index (χ1n) is 12.6. The van der Waals surface area contributed by atoms with Crippen molar-refractivity contribution in [3.63, 3.8) is 0 Å². The Kier molecular flexibility index (Phi) is 8.84. The standard InChI is InChI=1S/C26H38BFN2O6SSi/c1-25(2,3)38(6,7)35-17-16-22(20-10-8-9-11-21(20)28)29-24-30-37(33,34)23(26(4,5)36-24)18-12-14-19(15-13-18)27(31)32/h8-15,22-23,31-32H,16-17H2,1-7H3,(H,29,30). The Labute approximate surface area is 226 Å². The second-order valence-electron chi connectivity index (χ2n) is 11.6. The third-order valence-corrected chi connectivity index (χ3v) is 13.7. The summed E-state index contributed by atoms with van der Waals surface area (Å²) in [6, 6.07) is 11.2. The van der Waals surface area contributed by atoms with E-state index in [1.54, 1.807) is 32.0 Å². The van der Waals surface area contributed by atoms with Gasteiger partial charge in [0.1, 0.15) is 16.7 Å². The number of nitrogens with one attached hydrogen (secondary N) is 1. The molecular formula is C26H38BFN2O6SSi. The van der Waals surface area contributed by atoms with Crippen LogP contribution in [0.3, 0.4) is 0 Å². The summed E-state index contributed by atoms with van der Waals surface area (Å²) < 4.78 is 56.4. The zero-order chi connectivity index (χ0) is 28.5. The van der Waals surface area contributed by atoms with Crippen LogP contribution in [0.25, 0.3) is 0 Å². The van der Waals surface area contributed by atoms with Gasteiger partial charge in [-0.25, -0.2) is 22.5 Å². The maximum Gasteiger partial charge on any atom is 0.488 e. The maximum atomic E-state index is 14.8. The number of ether oxygens (including phenoxy) is 1. The fourth-order valence-electron chi connectivity index (χ4n) is 4.17. The largest absolute Gasteiger partial charge is 0.488 e. The van der Waals surface area contributed by atoms with Gasteiger partial charge in [-0.1, -0.05) is 63.2 Å². The molecule has 0 aromatic heterocycles. The molecule has 3 rings (SSSR count). The summed E-state index contributed by atoms with van der Waals surface area (Å²) >= 11 is 0. The molecule has 1 aliphatic rings. The van der Waals surface area contributed by atoms with Gasteiger partial charge in [-0.2, -0.15) is 0 Å². The summed E-state index contributed by atoms with van der Waals surface area (Å²) in [4.78, 5) is 4.54. The molecule has 2 aromatic rings. The molecule has 0 saturated carbocycles. The van der Waals surface area contributed by atoms with Crippen LogP contribution >= 0.6 is 0 Å². The van der Waals surface area contributed by atoms with E-state index in [9.17, 15) is 22.9 Å². The molecule has 12 heteroatoms. The van der Waals surface area contributed by atoms with Gasteiger partial charge in [-0.05, 0) is 55.5 Å². The molecule has 0 radical (unpaired) electrons. The van der Waals surface area contributed by atoms with Crippen molar-refractivity contribution in [2.45, 2.75) is 76.1 Å². The molecule has 2 unspecified atom stereocenters. The highest BCUT2D eigenvalue weighted by Crippen LogP contribution is 2.40. The zero-order valence-electron chi connectivity index (χ0n) is 23.0. The molecule has 2 aromatic carbocycles. The fourth-order valence-corrected chi connectivity index (χ4v) is 7.00. The highest BCUT2D eigenvalue weighted by atomic mass is 32.2. The molecule has 0 aliphatic carbocycles. The molecule has 8 nitrogen and oxygen atoms in total. The first-order chi connectivity index (χ1) is 17.4. The molecular weight excluding hydrogens is 526 g/mol. The molecule has 2 atom stereocenters. The molecule has 1 saturated heterocycles. The summed E-state index contributed by atoms with van der Waals surface area (Å²) in [5.74, 6) is -0.448. The topological polar surface area (TPSA) is 117 Å². The number of halogens is 1. The second-order valence-corrected chi connectivity index (χ2v) is 18.2. The minimum atomic E-state index is -4.02. The van der Waals surface area contributed by atoms with Crippen LogP contribution in [0.2, 0.25) is 18.1 Å². The van der Waals surface area contributed by atoms with Crippen LogP contribution < -0.4 is 10.2 Å². The number of aliphatic imine (C=N–C) groups is 1. The Hall–Kier alpha value is -2.25. The molecule has 1 heterocycles. The van der Waals surface area contributed by atoms with Crippen molar-refractivity contribution in [2.75, 3.05) is 6.61 Å². The third kappa shape index (κ3) is 6.84. The van der Waals surface area contributed by atoms with Gasteiger partial charge in [0.15, 0.2) is 8.32 Å². The van der Waals surface area contributed by atoms with Crippen molar-refractivity contribution in [3.05, 3.63) is 65.5 Å². The number of benzene rings is 2. The number of rotatable bonds is 8. The average Bonchev–Trinajstić information content (AvgIpc) is 2.76. The van der Waals surface area contributed by atoms with Gasteiger partial charge in [-0.15, -0.1) is 0 Å². The second kappa shape index (κ2) is 11.1. The van der Waals surface area contributed by atoms with E-state index in [1.165, 1.54) is 30.3 Å². The van der Waals surface area contributed by atoms with Gasteiger partial charge >= 0.3 is 7.12 Å². The minimum Gasteiger partial charge on any atom is -0.457 e. The Bertz CT molecular complexity index is 1260. The number of nitrogens with zero attached hydrogens (tertiary/aromatic N) is 1. The van der Waals surface area contributed by atoms with Crippen molar-refractivity contribution in [2.24, 2.45) is 4.99 Å². The lowest BCUT2D eigenvalue weighted by atomic mass is 9.79. The molecule has 0 spiro atoms. The van der Waals surface area contributed by atoms with E-state index < -0.39 is 48.2 Å². The Balaban J connectivity index is 1.91. The van der Waals surface area contributed by atoms with Gasteiger partial charge in [0, 0.05) is 12.2 Å². The van der Waals surface area contributed by atoms with Gasteiger partial charge in [-0.3, -0.25) is 0 Å². The van der Waals surface area contributed by atoms with Gasteiger partial charge in [0.25, 0.3) is 6.02 Å². The SMILES string of the molecule is CC1(C)OC(=NC(CCO[Si](C)(C)C(C)(C)C)c2ccccc2F)NS(=O)(=O)C1c1ccc(B(O)O)cc1. The molecule has 3 N–H and O–H groups in total. The van der Waals surface area contributed by atoms with Crippen molar-refractivity contribution in [1.82, 2.24) is 4.72 Å². The van der Waals surface area contributed by atoms with Crippen molar-refractivity contribution in [1.29, 1.82) is 0 Å². The lowest BCUT2D eigenvalue weighted by Crippen LogP contribution is -2.53. The van der Waals surface area contributed by atoms with E-state index >= 15 is 0 Å². The Morgan fingerprint density at radius 2 is 1.76 bits per heavy atom. The molecule has 0 bridgehead atoms. The first kappa shape index (κ1) is 30.3. The summed E-state index contributed by atoms with van der Waals surface area (Å²) in [6.07, 6.45) is 0.330. The zero-order valence-corrected chi connectivity index (χ0v) is 24.8. The van der Waals surface area contributed by atoms with Gasteiger partial charge < -0.3 is 19.2 Å². The third-order valence-electron chi connectivity index (χ3n) is 7.27. The van der Waals surface area contributed by atoms with Crippen molar-refractivity contribution < 1.29 is 32.0 Å². The molecule has 1 fully saturated rings. The molecule has 208 valence electrons. The van der Waals surface area contributed by atoms with Crippen LogP contribution in [0, 0.1) is 5.82 Å². The first-order valence-corrected chi connectivity index (χ1v) is 17.0. The molecule has 38 heavy (non-hydrogen) atoms. The van der Waals surface area contributed by atoms with Gasteiger partial charge in [0.05, 0.1) is 6.04 Å². The van der Waals surface area contributed by atoms with E-state index in [1.807, 2.05) is 0 Å². The Morgan fingerprint density at radius 3 is 2.29 bits per heavy atom. The monoisotopic (exact) mass is 564 g/mol. The number of hydrogen-bond acceptors (Lipinski definition) is 7. The summed E-state index contributed by atoms with van der Waals surface area (Å²) in [7, 11) is -7.74. The Morgan fingerprint density at radius 1 is 1.16 bits per heavy atom. The van der Waals surface area contributed by atoms with E-state index in [0.29, 0.717) is 24.2 Å². The van der Waals surface area contributed by atoms with Crippen molar-refractivity contribution in [3.8, 4) is 0 Å². The average molecular weight is 565 g/mol. The predicted molar refractivity (Wildman–Crippen MR) is 151 cm³/mol. The molecule has 0 amide bonds. The summed E-state index contributed by atoms with van der Waals surface area (Å²) in [5, 5.41) is 17.6. The smallest absolute Gasteiger partial charge is 0.457 e. The summed E-state index contributed by atoms with van der Waals surface area (Å²) in [6.45, 7) is 14.3. The maximum absolute atomic E-state index is 14.8. The fraction of sp³-hybridized carbons (Fsp3) is 0.500. The normalized spacial score (nSPS) is 20.9. The van der Waals surface area contributed by atoms with E-state index in [4.69, 9.17) is 9.16 Å². The lowest BCUT2D eigenvalue weighted by molar-refractivity contribution is 0.0759. The highest BCUT2D eigenvalue weighted by Gasteiger charge is 2.48. The molecule has 1 aliphatic heterocycles. The number of sulfonamides is 1. The quantitative estimate of drug-likeness (QED) is 0.420. The predicted octanol–water partition coefficient (Wildman–Crippen LogP) is 3.78. The van der Waals surface area contributed by atoms with Gasteiger partial charge in [0.2, 0.25) is 10.0 Å². The number of amidine groups is 1. The van der Waals surface area contributed by atoms with Crippen LogP contribution in [0.5, 0.6) is 0 Å². The van der Waals surface area contributed by atoms with Crippen LogP contribution in [-0.2, 0) is 19.2 Å². The van der Waals surface area contributed by atoms with Crippen LogP contribution in [0.1, 0.15) is 63.5 Å². The van der Waals surface area contributed by atoms with Crippen molar-refractivity contribution >= 4 is 36.9 Å². The number of hydrogen-bond donors (Lipinski definition) is 3. The highest BCUT2D eigenvalue weighted by molar-refractivity contribution is 7.90. The van der Waals surface area contributed by atoms with E-state index in [0.717, 1.165) is 0 Å².